The fourth-order valence-corrected chi connectivity index (χ4v) is 2.20. The molecule has 1 atom stereocenters. The fraction of sp³-hybridized carbons (Fsp3) is 0.647. The number of benzene rings is 1. The summed E-state index contributed by atoms with van der Waals surface area (Å²) in [6.07, 6.45) is 3.42. The summed E-state index contributed by atoms with van der Waals surface area (Å²) in [4.78, 5) is 0. The molecular formula is C17H29NO. The molecule has 1 N–H and O–H groups in total. The van der Waals surface area contributed by atoms with Gasteiger partial charge in [-0.05, 0) is 42.9 Å². The zero-order chi connectivity index (χ0) is 14.1. The number of ether oxygens (including phenoxy) is 1. The van der Waals surface area contributed by atoms with Crippen LogP contribution in [-0.2, 0) is 11.2 Å². The molecule has 2 heteroatoms. The van der Waals surface area contributed by atoms with E-state index < -0.39 is 0 Å². The predicted molar refractivity (Wildman–Crippen MR) is 82.8 cm³/mol. The number of hydrogen-bond acceptors (Lipinski definition) is 2. The van der Waals surface area contributed by atoms with E-state index in [-0.39, 0.29) is 0 Å². The Morgan fingerprint density at radius 1 is 1.16 bits per heavy atom. The lowest BCUT2D eigenvalue weighted by atomic mass is 9.99. The van der Waals surface area contributed by atoms with Crippen LogP contribution in [0.1, 0.15) is 50.7 Å². The molecular weight excluding hydrogens is 234 g/mol. The molecule has 0 radical (unpaired) electrons. The van der Waals surface area contributed by atoms with Crippen LogP contribution in [0, 0.1) is 0 Å². The summed E-state index contributed by atoms with van der Waals surface area (Å²) in [5.41, 5.74) is 2.84. The maximum atomic E-state index is 5.28. The molecule has 0 bridgehead atoms. The van der Waals surface area contributed by atoms with Gasteiger partial charge < -0.3 is 10.1 Å². The molecule has 0 aromatic heterocycles. The monoisotopic (exact) mass is 263 g/mol. The number of nitrogens with one attached hydrogen (secondary N) is 1. The lowest BCUT2D eigenvalue weighted by molar-refractivity contribution is 0.162. The first-order chi connectivity index (χ1) is 9.17. The van der Waals surface area contributed by atoms with Crippen molar-refractivity contribution in [3.8, 4) is 0 Å². The van der Waals surface area contributed by atoms with E-state index in [4.69, 9.17) is 4.74 Å². The van der Waals surface area contributed by atoms with Gasteiger partial charge in [0.1, 0.15) is 0 Å². The topological polar surface area (TPSA) is 21.3 Å². The lowest BCUT2D eigenvalue weighted by Crippen LogP contribution is -2.34. The lowest BCUT2D eigenvalue weighted by Gasteiger charge is -2.17. The SMILES string of the molecule is CCCNC(CCc1ccc(C(C)C)cc1)COC. The average molecular weight is 263 g/mol. The molecule has 0 aliphatic rings. The molecule has 0 fully saturated rings. The van der Waals surface area contributed by atoms with Gasteiger partial charge in [-0.25, -0.2) is 0 Å². The van der Waals surface area contributed by atoms with Crippen molar-refractivity contribution in [3.05, 3.63) is 35.4 Å². The molecule has 108 valence electrons. The number of hydrogen-bond donors (Lipinski definition) is 1. The first kappa shape index (κ1) is 16.2. The van der Waals surface area contributed by atoms with Gasteiger partial charge in [0.15, 0.2) is 0 Å². The first-order valence-electron chi connectivity index (χ1n) is 7.48. The van der Waals surface area contributed by atoms with Crippen LogP contribution in [0.4, 0.5) is 0 Å². The van der Waals surface area contributed by atoms with Crippen molar-refractivity contribution in [2.24, 2.45) is 0 Å². The van der Waals surface area contributed by atoms with Crippen LogP contribution in [0.3, 0.4) is 0 Å². The zero-order valence-corrected chi connectivity index (χ0v) is 12.9. The zero-order valence-electron chi connectivity index (χ0n) is 12.9. The Bertz CT molecular complexity index is 332. The van der Waals surface area contributed by atoms with Crippen molar-refractivity contribution in [1.82, 2.24) is 5.32 Å². The second-order valence-electron chi connectivity index (χ2n) is 5.54. The van der Waals surface area contributed by atoms with Gasteiger partial charge in [0.25, 0.3) is 0 Å². The molecule has 1 unspecified atom stereocenters. The van der Waals surface area contributed by atoms with E-state index in [1.165, 1.54) is 17.5 Å². The van der Waals surface area contributed by atoms with E-state index in [2.05, 4.69) is 50.4 Å². The van der Waals surface area contributed by atoms with E-state index in [0.29, 0.717) is 12.0 Å². The van der Waals surface area contributed by atoms with Gasteiger partial charge in [-0.2, -0.15) is 0 Å². The van der Waals surface area contributed by atoms with E-state index >= 15 is 0 Å². The second kappa shape index (κ2) is 9.11. The highest BCUT2D eigenvalue weighted by molar-refractivity contribution is 5.24. The molecule has 0 heterocycles. The fourth-order valence-electron chi connectivity index (χ4n) is 2.20. The van der Waals surface area contributed by atoms with Gasteiger partial charge >= 0.3 is 0 Å². The normalized spacial score (nSPS) is 12.9. The minimum absolute atomic E-state index is 0.467. The van der Waals surface area contributed by atoms with Crippen LogP contribution in [0.25, 0.3) is 0 Å². The molecule has 0 aliphatic heterocycles. The smallest absolute Gasteiger partial charge is 0.0615 e. The molecule has 0 amide bonds. The van der Waals surface area contributed by atoms with Gasteiger partial charge in [0, 0.05) is 13.2 Å². The maximum Gasteiger partial charge on any atom is 0.0615 e. The Labute approximate surface area is 118 Å². The summed E-state index contributed by atoms with van der Waals surface area (Å²) in [5, 5.41) is 3.55. The molecule has 1 aromatic carbocycles. The summed E-state index contributed by atoms with van der Waals surface area (Å²) in [7, 11) is 1.78. The van der Waals surface area contributed by atoms with Crippen LogP contribution in [-0.4, -0.2) is 26.3 Å². The van der Waals surface area contributed by atoms with E-state index in [9.17, 15) is 0 Å². The first-order valence-corrected chi connectivity index (χ1v) is 7.48. The van der Waals surface area contributed by atoms with Crippen LogP contribution in [0.5, 0.6) is 0 Å². The van der Waals surface area contributed by atoms with Crippen molar-refractivity contribution in [2.45, 2.75) is 52.0 Å². The van der Waals surface area contributed by atoms with Crippen molar-refractivity contribution in [2.75, 3.05) is 20.3 Å². The Balaban J connectivity index is 2.44. The summed E-state index contributed by atoms with van der Waals surface area (Å²) >= 11 is 0. The number of aryl methyl sites for hydroxylation is 1. The molecule has 19 heavy (non-hydrogen) atoms. The molecule has 0 saturated carbocycles. The molecule has 0 spiro atoms. The Morgan fingerprint density at radius 3 is 2.37 bits per heavy atom. The summed E-state index contributed by atoms with van der Waals surface area (Å²) in [6, 6.07) is 9.50. The van der Waals surface area contributed by atoms with Crippen molar-refractivity contribution in [3.63, 3.8) is 0 Å². The summed E-state index contributed by atoms with van der Waals surface area (Å²) in [6.45, 7) is 8.53. The van der Waals surface area contributed by atoms with Gasteiger partial charge in [0.05, 0.1) is 6.61 Å². The maximum absolute atomic E-state index is 5.28. The molecule has 0 saturated heterocycles. The van der Waals surface area contributed by atoms with Crippen molar-refractivity contribution in [1.29, 1.82) is 0 Å². The van der Waals surface area contributed by atoms with Crippen LogP contribution < -0.4 is 5.32 Å². The quantitative estimate of drug-likeness (QED) is 0.732. The van der Waals surface area contributed by atoms with E-state index in [0.717, 1.165) is 26.0 Å². The third-order valence-corrected chi connectivity index (χ3v) is 3.48. The van der Waals surface area contributed by atoms with Gasteiger partial charge in [-0.1, -0.05) is 45.0 Å². The Morgan fingerprint density at radius 2 is 1.84 bits per heavy atom. The van der Waals surface area contributed by atoms with E-state index in [1.807, 2.05) is 0 Å². The highest BCUT2D eigenvalue weighted by Gasteiger charge is 2.07. The minimum atomic E-state index is 0.467. The molecule has 1 rings (SSSR count). The summed E-state index contributed by atoms with van der Waals surface area (Å²) < 4.78 is 5.28. The Hall–Kier alpha value is -0.860. The third-order valence-electron chi connectivity index (χ3n) is 3.48. The number of methoxy groups -OCH3 is 1. The van der Waals surface area contributed by atoms with Gasteiger partial charge in [-0.3, -0.25) is 0 Å². The van der Waals surface area contributed by atoms with Gasteiger partial charge in [-0.15, -0.1) is 0 Å². The van der Waals surface area contributed by atoms with Gasteiger partial charge in [0.2, 0.25) is 0 Å². The predicted octanol–water partition coefficient (Wildman–Crippen LogP) is 3.76. The average Bonchev–Trinajstić information content (AvgIpc) is 2.42. The van der Waals surface area contributed by atoms with E-state index in [1.54, 1.807) is 7.11 Å². The Kier molecular flexibility index (Phi) is 7.76. The minimum Gasteiger partial charge on any atom is -0.383 e. The standard InChI is InChI=1S/C17H29NO/c1-5-12-18-17(13-19-4)11-8-15-6-9-16(10-7-15)14(2)3/h6-7,9-10,14,17-18H,5,8,11-13H2,1-4H3. The molecule has 2 nitrogen and oxygen atoms in total. The van der Waals surface area contributed by atoms with Crippen molar-refractivity contribution < 1.29 is 4.74 Å². The third kappa shape index (κ3) is 6.22. The van der Waals surface area contributed by atoms with Crippen LogP contribution >= 0.6 is 0 Å². The van der Waals surface area contributed by atoms with Crippen molar-refractivity contribution >= 4 is 0 Å². The molecule has 0 aliphatic carbocycles. The summed E-state index contributed by atoms with van der Waals surface area (Å²) in [5.74, 6) is 0.613. The number of rotatable bonds is 9. The largest absolute Gasteiger partial charge is 0.383 e. The highest BCUT2D eigenvalue weighted by atomic mass is 16.5. The van der Waals surface area contributed by atoms with Crippen LogP contribution in [0.2, 0.25) is 0 Å². The molecule has 1 aromatic rings. The van der Waals surface area contributed by atoms with Crippen LogP contribution in [0.15, 0.2) is 24.3 Å². The highest BCUT2D eigenvalue weighted by Crippen LogP contribution is 2.15. The second-order valence-corrected chi connectivity index (χ2v) is 5.54.